The fourth-order valence-corrected chi connectivity index (χ4v) is 2.24. The van der Waals surface area contributed by atoms with Crippen molar-refractivity contribution in [2.24, 2.45) is 17.8 Å². The van der Waals surface area contributed by atoms with Crippen molar-refractivity contribution in [3.05, 3.63) is 29.6 Å². The van der Waals surface area contributed by atoms with Crippen molar-refractivity contribution in [1.82, 2.24) is 5.32 Å². The van der Waals surface area contributed by atoms with Crippen molar-refractivity contribution < 1.29 is 14.3 Å². The predicted molar refractivity (Wildman–Crippen MR) is 73.6 cm³/mol. The van der Waals surface area contributed by atoms with Gasteiger partial charge in [-0.3, -0.25) is 4.79 Å². The average molecular weight is 267 g/mol. The number of hydrogen-bond donors (Lipinski definition) is 2. The van der Waals surface area contributed by atoms with Gasteiger partial charge in [-0.25, -0.2) is 4.39 Å². The molecule has 19 heavy (non-hydrogen) atoms. The number of phenols is 1. The van der Waals surface area contributed by atoms with Crippen molar-refractivity contribution >= 4 is 5.91 Å². The van der Waals surface area contributed by atoms with E-state index in [9.17, 15) is 14.3 Å². The number of halogens is 1. The van der Waals surface area contributed by atoms with E-state index in [1.807, 2.05) is 0 Å². The standard InChI is InChI=1S/C15H22FNO2/c1-9(2)13(10(3)4)8-17-15(19)12-6-5-11(16)7-14(12)18/h5-7,9-10,13,18H,8H2,1-4H3,(H,17,19). The van der Waals surface area contributed by atoms with Crippen LogP contribution in [-0.2, 0) is 0 Å². The number of carbonyl (C=O) groups excluding carboxylic acids is 1. The van der Waals surface area contributed by atoms with Crippen LogP contribution in [0.4, 0.5) is 4.39 Å². The Hall–Kier alpha value is -1.58. The zero-order valence-corrected chi connectivity index (χ0v) is 11.9. The Morgan fingerprint density at radius 2 is 1.84 bits per heavy atom. The molecule has 1 aromatic carbocycles. The Kier molecular flexibility index (Phi) is 5.33. The molecule has 0 atom stereocenters. The third-order valence-electron chi connectivity index (χ3n) is 3.42. The molecule has 0 spiro atoms. The van der Waals surface area contributed by atoms with Gasteiger partial charge in [-0.05, 0) is 29.9 Å². The minimum absolute atomic E-state index is 0.104. The number of aromatic hydroxyl groups is 1. The van der Waals surface area contributed by atoms with Crippen LogP contribution in [0.1, 0.15) is 38.1 Å². The Balaban J connectivity index is 2.69. The number of rotatable bonds is 5. The first-order valence-electron chi connectivity index (χ1n) is 6.59. The van der Waals surface area contributed by atoms with Crippen molar-refractivity contribution in [2.75, 3.05) is 6.54 Å². The number of phenolic OH excluding ortho intramolecular Hbond substituents is 1. The van der Waals surface area contributed by atoms with Gasteiger partial charge in [0.15, 0.2) is 0 Å². The predicted octanol–water partition coefficient (Wildman–Crippen LogP) is 3.19. The molecule has 1 aromatic rings. The second-order valence-electron chi connectivity index (χ2n) is 5.52. The molecule has 1 rings (SSSR count). The van der Waals surface area contributed by atoms with E-state index in [1.165, 1.54) is 6.07 Å². The van der Waals surface area contributed by atoms with Crippen LogP contribution in [0.25, 0.3) is 0 Å². The molecular weight excluding hydrogens is 245 g/mol. The van der Waals surface area contributed by atoms with Crippen LogP contribution in [0, 0.1) is 23.6 Å². The number of amides is 1. The fraction of sp³-hybridized carbons (Fsp3) is 0.533. The molecule has 0 aliphatic rings. The summed E-state index contributed by atoms with van der Waals surface area (Å²) in [6.07, 6.45) is 0. The first-order chi connectivity index (χ1) is 8.82. The number of carbonyl (C=O) groups is 1. The summed E-state index contributed by atoms with van der Waals surface area (Å²) < 4.78 is 12.8. The monoisotopic (exact) mass is 267 g/mol. The zero-order valence-electron chi connectivity index (χ0n) is 11.9. The SMILES string of the molecule is CC(C)C(CNC(=O)c1ccc(F)cc1O)C(C)C. The molecule has 0 saturated carbocycles. The number of benzene rings is 1. The quantitative estimate of drug-likeness (QED) is 0.860. The Morgan fingerprint density at radius 1 is 1.26 bits per heavy atom. The van der Waals surface area contributed by atoms with E-state index in [1.54, 1.807) is 0 Å². The summed E-state index contributed by atoms with van der Waals surface area (Å²) in [6.45, 7) is 9.02. The van der Waals surface area contributed by atoms with E-state index in [4.69, 9.17) is 0 Å². The van der Waals surface area contributed by atoms with Gasteiger partial charge in [-0.2, -0.15) is 0 Å². The Morgan fingerprint density at radius 3 is 2.32 bits per heavy atom. The first kappa shape index (κ1) is 15.5. The topological polar surface area (TPSA) is 49.3 Å². The van der Waals surface area contributed by atoms with Gasteiger partial charge in [0.05, 0.1) is 5.56 Å². The van der Waals surface area contributed by atoms with Crippen molar-refractivity contribution in [2.45, 2.75) is 27.7 Å². The number of hydrogen-bond acceptors (Lipinski definition) is 2. The highest BCUT2D eigenvalue weighted by Crippen LogP contribution is 2.21. The van der Waals surface area contributed by atoms with Gasteiger partial charge in [0.1, 0.15) is 11.6 Å². The van der Waals surface area contributed by atoms with Crippen LogP contribution in [0.2, 0.25) is 0 Å². The molecule has 0 radical (unpaired) electrons. The highest BCUT2D eigenvalue weighted by atomic mass is 19.1. The van der Waals surface area contributed by atoms with Crippen LogP contribution >= 0.6 is 0 Å². The maximum Gasteiger partial charge on any atom is 0.255 e. The minimum Gasteiger partial charge on any atom is -0.507 e. The van der Waals surface area contributed by atoms with Crippen molar-refractivity contribution in [3.8, 4) is 5.75 Å². The van der Waals surface area contributed by atoms with E-state index in [2.05, 4.69) is 33.0 Å². The summed E-state index contributed by atoms with van der Waals surface area (Å²) in [6, 6.07) is 3.40. The lowest BCUT2D eigenvalue weighted by Crippen LogP contribution is -2.33. The molecule has 0 fully saturated rings. The maximum absolute atomic E-state index is 12.8. The van der Waals surface area contributed by atoms with E-state index in [0.29, 0.717) is 24.3 Å². The molecule has 3 nitrogen and oxygen atoms in total. The molecule has 0 bridgehead atoms. The van der Waals surface area contributed by atoms with E-state index < -0.39 is 5.82 Å². The third kappa shape index (κ3) is 4.23. The zero-order chi connectivity index (χ0) is 14.6. The lowest BCUT2D eigenvalue weighted by molar-refractivity contribution is 0.0934. The molecule has 0 heterocycles. The largest absolute Gasteiger partial charge is 0.507 e. The molecule has 1 amide bonds. The summed E-state index contributed by atoms with van der Waals surface area (Å²) in [5.41, 5.74) is 0.104. The van der Waals surface area contributed by atoms with Crippen LogP contribution in [0.15, 0.2) is 18.2 Å². The third-order valence-corrected chi connectivity index (χ3v) is 3.42. The molecule has 2 N–H and O–H groups in total. The Labute approximate surface area is 113 Å². The molecule has 0 aromatic heterocycles. The van der Waals surface area contributed by atoms with Crippen molar-refractivity contribution in [1.29, 1.82) is 0 Å². The summed E-state index contributed by atoms with van der Waals surface area (Å²) in [4.78, 5) is 11.9. The second-order valence-corrected chi connectivity index (χ2v) is 5.52. The second kappa shape index (κ2) is 6.55. The molecular formula is C15H22FNO2. The molecule has 0 aliphatic carbocycles. The van der Waals surface area contributed by atoms with Gasteiger partial charge in [0.25, 0.3) is 5.91 Å². The Bertz CT molecular complexity index is 436. The normalized spacial score (nSPS) is 11.4. The van der Waals surface area contributed by atoms with E-state index >= 15 is 0 Å². The minimum atomic E-state index is -0.559. The van der Waals surface area contributed by atoms with E-state index in [-0.39, 0.29) is 17.2 Å². The van der Waals surface area contributed by atoms with Gasteiger partial charge in [-0.15, -0.1) is 0 Å². The van der Waals surface area contributed by atoms with Crippen LogP contribution in [0.5, 0.6) is 5.75 Å². The smallest absolute Gasteiger partial charge is 0.255 e. The summed E-state index contributed by atoms with van der Waals surface area (Å²) in [7, 11) is 0. The van der Waals surface area contributed by atoms with Crippen molar-refractivity contribution in [3.63, 3.8) is 0 Å². The highest BCUT2D eigenvalue weighted by molar-refractivity contribution is 5.96. The fourth-order valence-electron chi connectivity index (χ4n) is 2.24. The van der Waals surface area contributed by atoms with Gasteiger partial charge >= 0.3 is 0 Å². The maximum atomic E-state index is 12.8. The number of nitrogens with one attached hydrogen (secondary N) is 1. The first-order valence-corrected chi connectivity index (χ1v) is 6.59. The average Bonchev–Trinajstić information content (AvgIpc) is 2.27. The molecule has 0 unspecified atom stereocenters. The lowest BCUT2D eigenvalue weighted by Gasteiger charge is -2.25. The van der Waals surface area contributed by atoms with Gasteiger partial charge in [0.2, 0.25) is 0 Å². The van der Waals surface area contributed by atoms with Crippen LogP contribution in [-0.4, -0.2) is 17.6 Å². The summed E-state index contributed by atoms with van der Waals surface area (Å²) in [5.74, 6) is 0.0269. The molecule has 0 saturated heterocycles. The van der Waals surface area contributed by atoms with Gasteiger partial charge in [-0.1, -0.05) is 27.7 Å². The summed E-state index contributed by atoms with van der Waals surface area (Å²) in [5, 5.41) is 12.3. The van der Waals surface area contributed by atoms with Gasteiger partial charge < -0.3 is 10.4 Å². The van der Waals surface area contributed by atoms with Crippen LogP contribution < -0.4 is 5.32 Å². The van der Waals surface area contributed by atoms with Crippen LogP contribution in [0.3, 0.4) is 0 Å². The van der Waals surface area contributed by atoms with E-state index in [0.717, 1.165) is 12.1 Å². The lowest BCUT2D eigenvalue weighted by atomic mass is 9.85. The van der Waals surface area contributed by atoms with Gasteiger partial charge in [0, 0.05) is 12.6 Å². The molecule has 4 heteroatoms. The molecule has 0 aliphatic heterocycles. The highest BCUT2D eigenvalue weighted by Gasteiger charge is 2.19. The molecule has 106 valence electrons. The summed E-state index contributed by atoms with van der Waals surface area (Å²) >= 11 is 0.